The normalized spacial score (nSPS) is 21.0. The van der Waals surface area contributed by atoms with Gasteiger partial charge in [0.15, 0.2) is 0 Å². The van der Waals surface area contributed by atoms with Crippen LogP contribution in [0.3, 0.4) is 0 Å². The van der Waals surface area contributed by atoms with E-state index in [0.29, 0.717) is 11.5 Å². The number of nitrogens with one attached hydrogen (secondary N) is 1. The predicted octanol–water partition coefficient (Wildman–Crippen LogP) is 3.55. The summed E-state index contributed by atoms with van der Waals surface area (Å²) in [5, 5.41) is 3.78. The van der Waals surface area contributed by atoms with E-state index in [1.807, 2.05) is 6.20 Å². The molecule has 0 bridgehead atoms. The fourth-order valence-electron chi connectivity index (χ4n) is 3.35. The van der Waals surface area contributed by atoms with Crippen LogP contribution in [-0.2, 0) is 13.5 Å². The maximum absolute atomic E-state index is 4.51. The minimum Gasteiger partial charge on any atom is -0.338 e. The molecule has 114 valence electrons. The summed E-state index contributed by atoms with van der Waals surface area (Å²) in [5.41, 5.74) is 0.551. The molecule has 0 amide bonds. The smallest absolute Gasteiger partial charge is 0.109 e. The van der Waals surface area contributed by atoms with E-state index in [-0.39, 0.29) is 0 Å². The molecule has 1 fully saturated rings. The minimum absolute atomic E-state index is 0.551. The number of aromatic nitrogens is 2. The van der Waals surface area contributed by atoms with Gasteiger partial charge in [0.05, 0.1) is 0 Å². The molecule has 0 aliphatic heterocycles. The third-order valence-electron chi connectivity index (χ3n) is 4.93. The summed E-state index contributed by atoms with van der Waals surface area (Å²) < 4.78 is 2.16. The first-order chi connectivity index (χ1) is 9.52. The quantitative estimate of drug-likeness (QED) is 0.862. The van der Waals surface area contributed by atoms with Gasteiger partial charge in [-0.3, -0.25) is 0 Å². The Bertz CT molecular complexity index is 398. The minimum atomic E-state index is 0.551. The average Bonchev–Trinajstić information content (AvgIpc) is 2.80. The summed E-state index contributed by atoms with van der Waals surface area (Å²) in [6, 6.07) is 0.590. The molecule has 1 aromatic rings. The summed E-state index contributed by atoms with van der Waals surface area (Å²) >= 11 is 0. The average molecular weight is 277 g/mol. The molecule has 1 atom stereocenters. The van der Waals surface area contributed by atoms with Crippen molar-refractivity contribution in [3.8, 4) is 0 Å². The van der Waals surface area contributed by atoms with Crippen LogP contribution >= 0.6 is 0 Å². The van der Waals surface area contributed by atoms with Crippen molar-refractivity contribution in [1.82, 2.24) is 14.9 Å². The van der Waals surface area contributed by atoms with E-state index in [1.54, 1.807) is 0 Å². The fraction of sp³-hybridized carbons (Fsp3) is 0.824. The monoisotopic (exact) mass is 277 g/mol. The topological polar surface area (TPSA) is 29.9 Å². The second-order valence-corrected chi connectivity index (χ2v) is 7.22. The molecule has 1 N–H and O–H groups in total. The lowest BCUT2D eigenvalue weighted by Gasteiger charge is -2.38. The molecule has 0 saturated heterocycles. The van der Waals surface area contributed by atoms with E-state index in [1.165, 1.54) is 37.9 Å². The molecule has 3 heteroatoms. The molecule has 0 radical (unpaired) electrons. The van der Waals surface area contributed by atoms with Gasteiger partial charge in [0.2, 0.25) is 0 Å². The van der Waals surface area contributed by atoms with Crippen LogP contribution in [0.5, 0.6) is 0 Å². The molecular weight excluding hydrogens is 246 g/mol. The van der Waals surface area contributed by atoms with E-state index in [2.05, 4.69) is 48.9 Å². The van der Waals surface area contributed by atoms with Crippen molar-refractivity contribution in [2.75, 3.05) is 6.54 Å². The molecule has 0 spiro atoms. The lowest BCUT2D eigenvalue weighted by Crippen LogP contribution is -2.41. The molecule has 0 aromatic carbocycles. The van der Waals surface area contributed by atoms with Gasteiger partial charge in [-0.25, -0.2) is 4.98 Å². The van der Waals surface area contributed by atoms with E-state index in [4.69, 9.17) is 0 Å². The Morgan fingerprint density at radius 2 is 2.10 bits per heavy atom. The molecular formula is C17H31N3. The van der Waals surface area contributed by atoms with Gasteiger partial charge in [0.25, 0.3) is 0 Å². The van der Waals surface area contributed by atoms with Gasteiger partial charge >= 0.3 is 0 Å². The highest BCUT2D eigenvalue weighted by Crippen LogP contribution is 2.39. The SMILES string of the molecule is CCCNC(Cc1nccn1C)C1CCC(C)(C)CC1. The highest BCUT2D eigenvalue weighted by atomic mass is 15.0. The van der Waals surface area contributed by atoms with Crippen molar-refractivity contribution in [2.45, 2.75) is 65.3 Å². The van der Waals surface area contributed by atoms with Gasteiger partial charge < -0.3 is 9.88 Å². The van der Waals surface area contributed by atoms with Crippen LogP contribution < -0.4 is 5.32 Å². The van der Waals surface area contributed by atoms with E-state index in [9.17, 15) is 0 Å². The molecule has 20 heavy (non-hydrogen) atoms. The second-order valence-electron chi connectivity index (χ2n) is 7.22. The van der Waals surface area contributed by atoms with Crippen molar-refractivity contribution in [2.24, 2.45) is 18.4 Å². The maximum atomic E-state index is 4.51. The number of hydrogen-bond acceptors (Lipinski definition) is 2. The second kappa shape index (κ2) is 6.75. The molecule has 3 nitrogen and oxygen atoms in total. The highest BCUT2D eigenvalue weighted by molar-refractivity contribution is 4.97. The zero-order chi connectivity index (χ0) is 14.6. The van der Waals surface area contributed by atoms with Gasteiger partial charge in [-0.2, -0.15) is 0 Å². The van der Waals surface area contributed by atoms with Crippen LogP contribution in [0.2, 0.25) is 0 Å². The van der Waals surface area contributed by atoms with E-state index >= 15 is 0 Å². The lowest BCUT2D eigenvalue weighted by molar-refractivity contribution is 0.159. The van der Waals surface area contributed by atoms with Crippen molar-refractivity contribution in [3.63, 3.8) is 0 Å². The standard InChI is InChI=1S/C17H31N3/c1-5-10-18-15(13-16-19-11-12-20(16)4)14-6-8-17(2,3)9-7-14/h11-12,14-15,18H,5-10,13H2,1-4H3. The Balaban J connectivity index is 1.98. The Labute approximate surface area is 124 Å². The zero-order valence-electron chi connectivity index (χ0n) is 13.7. The van der Waals surface area contributed by atoms with E-state index in [0.717, 1.165) is 18.9 Å². The molecule has 1 heterocycles. The molecule has 1 aliphatic carbocycles. The summed E-state index contributed by atoms with van der Waals surface area (Å²) in [7, 11) is 2.10. The van der Waals surface area contributed by atoms with E-state index < -0.39 is 0 Å². The molecule has 1 aliphatic rings. The number of nitrogens with zero attached hydrogens (tertiary/aromatic N) is 2. The first kappa shape index (κ1) is 15.6. The first-order valence-electron chi connectivity index (χ1n) is 8.21. The van der Waals surface area contributed by atoms with Gasteiger partial charge in [-0.15, -0.1) is 0 Å². The van der Waals surface area contributed by atoms with Crippen molar-refractivity contribution < 1.29 is 0 Å². The highest BCUT2D eigenvalue weighted by Gasteiger charge is 2.31. The number of hydrogen-bond donors (Lipinski definition) is 1. The molecule has 1 saturated carbocycles. The van der Waals surface area contributed by atoms with Crippen LogP contribution in [0.25, 0.3) is 0 Å². The zero-order valence-corrected chi connectivity index (χ0v) is 13.7. The Hall–Kier alpha value is -0.830. The summed E-state index contributed by atoms with van der Waals surface area (Å²) in [5.74, 6) is 2.02. The van der Waals surface area contributed by atoms with Crippen LogP contribution in [0.15, 0.2) is 12.4 Å². The largest absolute Gasteiger partial charge is 0.338 e. The number of aryl methyl sites for hydroxylation is 1. The number of imidazole rings is 1. The third-order valence-corrected chi connectivity index (χ3v) is 4.93. The van der Waals surface area contributed by atoms with Crippen molar-refractivity contribution in [3.05, 3.63) is 18.2 Å². The van der Waals surface area contributed by atoms with Crippen molar-refractivity contribution >= 4 is 0 Å². The maximum Gasteiger partial charge on any atom is 0.109 e. The molecule has 1 aromatic heterocycles. The van der Waals surface area contributed by atoms with Crippen LogP contribution in [0, 0.1) is 11.3 Å². The fourth-order valence-corrected chi connectivity index (χ4v) is 3.35. The predicted molar refractivity (Wildman–Crippen MR) is 84.7 cm³/mol. The molecule has 2 rings (SSSR count). The Morgan fingerprint density at radius 3 is 2.65 bits per heavy atom. The van der Waals surface area contributed by atoms with Crippen LogP contribution in [-0.4, -0.2) is 22.1 Å². The molecule has 1 unspecified atom stereocenters. The lowest BCUT2D eigenvalue weighted by atomic mass is 9.70. The number of rotatable bonds is 6. The van der Waals surface area contributed by atoms with Gasteiger partial charge in [0, 0.05) is 31.9 Å². The summed E-state index contributed by atoms with van der Waals surface area (Å²) in [6.45, 7) is 8.19. The van der Waals surface area contributed by atoms with Crippen molar-refractivity contribution in [1.29, 1.82) is 0 Å². The van der Waals surface area contributed by atoms with Crippen LogP contribution in [0.4, 0.5) is 0 Å². The van der Waals surface area contributed by atoms with Gasteiger partial charge in [0.1, 0.15) is 5.82 Å². The Kier molecular flexibility index (Phi) is 5.25. The van der Waals surface area contributed by atoms with Crippen LogP contribution in [0.1, 0.15) is 58.7 Å². The van der Waals surface area contributed by atoms with Gasteiger partial charge in [-0.1, -0.05) is 20.8 Å². The Morgan fingerprint density at radius 1 is 1.40 bits per heavy atom. The third kappa shape index (κ3) is 4.08. The summed E-state index contributed by atoms with van der Waals surface area (Å²) in [6.07, 6.45) is 11.7. The first-order valence-corrected chi connectivity index (χ1v) is 8.21. The van der Waals surface area contributed by atoms with Gasteiger partial charge in [-0.05, 0) is 50.0 Å². The summed E-state index contributed by atoms with van der Waals surface area (Å²) in [4.78, 5) is 4.51.